The summed E-state index contributed by atoms with van der Waals surface area (Å²) < 4.78 is 18.2. The van der Waals surface area contributed by atoms with Gasteiger partial charge in [-0.05, 0) is 42.5 Å². The molecule has 0 aliphatic rings. The molecule has 0 unspecified atom stereocenters. The lowest BCUT2D eigenvalue weighted by molar-refractivity contribution is 0.0996. The van der Waals surface area contributed by atoms with Crippen molar-refractivity contribution in [2.75, 3.05) is 12.4 Å². The number of anilines is 1. The van der Waals surface area contributed by atoms with Gasteiger partial charge in [-0.3, -0.25) is 9.59 Å². The van der Waals surface area contributed by atoms with E-state index in [0.717, 1.165) is 0 Å². The van der Waals surface area contributed by atoms with Crippen LogP contribution >= 0.6 is 0 Å². The second kappa shape index (κ2) is 7.61. The number of hydrogen-bond donors (Lipinski definition) is 1. The Hall–Kier alpha value is -3.47. The Bertz CT molecular complexity index is 951. The van der Waals surface area contributed by atoms with Crippen molar-refractivity contribution in [1.29, 1.82) is 0 Å². The maximum Gasteiger partial charge on any atom is 0.256 e. The van der Waals surface area contributed by atoms with Crippen LogP contribution in [0, 0.1) is 5.82 Å². The number of benzene rings is 3. The minimum Gasteiger partial charge on any atom is -0.497 e. The summed E-state index contributed by atoms with van der Waals surface area (Å²) in [6.07, 6.45) is 0. The minimum absolute atomic E-state index is 0.240. The van der Waals surface area contributed by atoms with E-state index in [-0.39, 0.29) is 16.9 Å². The van der Waals surface area contributed by atoms with Crippen LogP contribution in [0.1, 0.15) is 26.3 Å². The Labute approximate surface area is 150 Å². The van der Waals surface area contributed by atoms with Crippen molar-refractivity contribution in [3.8, 4) is 5.75 Å². The highest BCUT2D eigenvalue weighted by atomic mass is 19.1. The molecule has 1 amide bonds. The second-order valence-electron chi connectivity index (χ2n) is 5.57. The summed E-state index contributed by atoms with van der Waals surface area (Å²) in [6, 6.07) is 18.7. The highest BCUT2D eigenvalue weighted by Crippen LogP contribution is 2.20. The lowest BCUT2D eigenvalue weighted by atomic mass is 9.98. The molecule has 0 atom stereocenters. The number of halogens is 1. The minimum atomic E-state index is -0.425. The molecule has 0 saturated carbocycles. The molecule has 1 N–H and O–H groups in total. The van der Waals surface area contributed by atoms with Crippen LogP contribution in [-0.4, -0.2) is 18.8 Å². The highest BCUT2D eigenvalue weighted by Gasteiger charge is 2.18. The maximum absolute atomic E-state index is 13.1. The number of amides is 1. The van der Waals surface area contributed by atoms with E-state index in [9.17, 15) is 14.0 Å². The molecule has 3 rings (SSSR count). The van der Waals surface area contributed by atoms with Gasteiger partial charge in [0.15, 0.2) is 5.78 Å². The van der Waals surface area contributed by atoms with Gasteiger partial charge >= 0.3 is 0 Å². The summed E-state index contributed by atoms with van der Waals surface area (Å²) in [7, 11) is 1.54. The van der Waals surface area contributed by atoms with Gasteiger partial charge in [-0.1, -0.05) is 24.3 Å². The van der Waals surface area contributed by atoms with Crippen LogP contribution in [-0.2, 0) is 0 Å². The molecule has 0 saturated heterocycles. The number of ketones is 1. The average molecular weight is 349 g/mol. The van der Waals surface area contributed by atoms with E-state index in [2.05, 4.69) is 5.32 Å². The van der Waals surface area contributed by atoms with E-state index in [1.54, 1.807) is 48.5 Å². The Morgan fingerprint density at radius 1 is 0.885 bits per heavy atom. The number of methoxy groups -OCH3 is 1. The van der Waals surface area contributed by atoms with Crippen LogP contribution in [0.5, 0.6) is 5.75 Å². The SMILES string of the molecule is COc1cccc(NC(=O)c2ccccc2C(=O)c2ccc(F)cc2)c1. The molecular weight excluding hydrogens is 333 g/mol. The van der Waals surface area contributed by atoms with Crippen molar-refractivity contribution in [3.05, 3.63) is 95.3 Å². The van der Waals surface area contributed by atoms with E-state index in [0.29, 0.717) is 17.0 Å². The lowest BCUT2D eigenvalue weighted by Gasteiger charge is -2.10. The van der Waals surface area contributed by atoms with Crippen molar-refractivity contribution in [1.82, 2.24) is 0 Å². The predicted molar refractivity (Wildman–Crippen MR) is 97.2 cm³/mol. The Morgan fingerprint density at radius 3 is 2.27 bits per heavy atom. The molecule has 3 aromatic rings. The molecule has 0 aliphatic heterocycles. The summed E-state index contributed by atoms with van der Waals surface area (Å²) in [5.41, 5.74) is 1.36. The molecular formula is C21H16FNO3. The van der Waals surface area contributed by atoms with Gasteiger partial charge in [0.2, 0.25) is 0 Å². The van der Waals surface area contributed by atoms with Crippen LogP contribution < -0.4 is 10.1 Å². The fourth-order valence-electron chi connectivity index (χ4n) is 2.54. The first-order chi connectivity index (χ1) is 12.6. The molecule has 4 nitrogen and oxygen atoms in total. The van der Waals surface area contributed by atoms with Gasteiger partial charge in [0.05, 0.1) is 12.7 Å². The van der Waals surface area contributed by atoms with Gasteiger partial charge in [0, 0.05) is 22.9 Å². The number of rotatable bonds is 5. The van der Waals surface area contributed by atoms with E-state index >= 15 is 0 Å². The van der Waals surface area contributed by atoms with Crippen LogP contribution in [0.4, 0.5) is 10.1 Å². The van der Waals surface area contributed by atoms with E-state index < -0.39 is 11.7 Å². The van der Waals surface area contributed by atoms with Gasteiger partial charge in [-0.25, -0.2) is 4.39 Å². The second-order valence-corrected chi connectivity index (χ2v) is 5.57. The topological polar surface area (TPSA) is 55.4 Å². The van der Waals surface area contributed by atoms with Crippen molar-refractivity contribution < 1.29 is 18.7 Å². The number of carbonyl (C=O) groups excluding carboxylic acids is 2. The molecule has 0 aliphatic carbocycles. The van der Waals surface area contributed by atoms with Crippen molar-refractivity contribution in [2.24, 2.45) is 0 Å². The summed E-state index contributed by atoms with van der Waals surface area (Å²) in [5.74, 6) is -0.574. The first-order valence-corrected chi connectivity index (χ1v) is 7.93. The van der Waals surface area contributed by atoms with Crippen molar-refractivity contribution in [2.45, 2.75) is 0 Å². The third-order valence-electron chi connectivity index (χ3n) is 3.85. The standard InChI is InChI=1S/C21H16FNO3/c1-26-17-6-4-5-16(13-17)23-21(25)19-8-3-2-7-18(19)20(24)14-9-11-15(22)12-10-14/h2-13H,1H3,(H,23,25). The molecule has 0 spiro atoms. The van der Waals surface area contributed by atoms with E-state index in [1.165, 1.54) is 31.4 Å². The van der Waals surface area contributed by atoms with E-state index in [1.807, 2.05) is 0 Å². The maximum atomic E-state index is 13.1. The van der Waals surface area contributed by atoms with Crippen LogP contribution in [0.2, 0.25) is 0 Å². The summed E-state index contributed by atoms with van der Waals surface area (Å²) in [4.78, 5) is 25.4. The smallest absolute Gasteiger partial charge is 0.256 e. The van der Waals surface area contributed by atoms with Crippen molar-refractivity contribution >= 4 is 17.4 Å². The van der Waals surface area contributed by atoms with Crippen LogP contribution in [0.25, 0.3) is 0 Å². The van der Waals surface area contributed by atoms with Gasteiger partial charge in [-0.2, -0.15) is 0 Å². The number of carbonyl (C=O) groups is 2. The molecule has 0 aromatic heterocycles. The van der Waals surface area contributed by atoms with Crippen LogP contribution in [0.15, 0.2) is 72.8 Å². The molecule has 26 heavy (non-hydrogen) atoms. The largest absolute Gasteiger partial charge is 0.497 e. The molecule has 5 heteroatoms. The fraction of sp³-hybridized carbons (Fsp3) is 0.0476. The summed E-state index contributed by atoms with van der Waals surface area (Å²) in [6.45, 7) is 0. The zero-order valence-electron chi connectivity index (χ0n) is 14.0. The number of nitrogens with one attached hydrogen (secondary N) is 1. The summed E-state index contributed by atoms with van der Waals surface area (Å²) in [5, 5.41) is 2.76. The monoisotopic (exact) mass is 349 g/mol. The highest BCUT2D eigenvalue weighted by molar-refractivity contribution is 6.17. The van der Waals surface area contributed by atoms with Crippen molar-refractivity contribution in [3.63, 3.8) is 0 Å². The van der Waals surface area contributed by atoms with Gasteiger partial charge in [0.1, 0.15) is 11.6 Å². The van der Waals surface area contributed by atoms with Gasteiger partial charge in [0.25, 0.3) is 5.91 Å². The average Bonchev–Trinajstić information content (AvgIpc) is 2.68. The van der Waals surface area contributed by atoms with E-state index in [4.69, 9.17) is 4.74 Å². The van der Waals surface area contributed by atoms with Crippen LogP contribution in [0.3, 0.4) is 0 Å². The Balaban J connectivity index is 1.89. The molecule has 0 heterocycles. The Kier molecular flexibility index (Phi) is 5.08. The molecule has 0 fully saturated rings. The summed E-state index contributed by atoms with van der Waals surface area (Å²) >= 11 is 0. The first-order valence-electron chi connectivity index (χ1n) is 7.93. The third kappa shape index (κ3) is 3.78. The first kappa shape index (κ1) is 17.4. The Morgan fingerprint density at radius 2 is 1.58 bits per heavy atom. The fourth-order valence-corrected chi connectivity index (χ4v) is 2.54. The third-order valence-corrected chi connectivity index (χ3v) is 3.85. The number of ether oxygens (including phenoxy) is 1. The molecule has 0 radical (unpaired) electrons. The predicted octanol–water partition coefficient (Wildman–Crippen LogP) is 4.32. The number of hydrogen-bond acceptors (Lipinski definition) is 3. The molecule has 0 bridgehead atoms. The zero-order valence-corrected chi connectivity index (χ0v) is 14.0. The molecule has 3 aromatic carbocycles. The zero-order chi connectivity index (χ0) is 18.5. The van der Waals surface area contributed by atoms with Gasteiger partial charge in [-0.15, -0.1) is 0 Å². The normalized spacial score (nSPS) is 10.2. The molecule has 130 valence electrons. The van der Waals surface area contributed by atoms with Gasteiger partial charge < -0.3 is 10.1 Å². The lowest BCUT2D eigenvalue weighted by Crippen LogP contribution is -2.17. The quantitative estimate of drug-likeness (QED) is 0.698.